The number of nitrogens with zero attached hydrogens (tertiary/aromatic N) is 1. The van der Waals surface area contributed by atoms with E-state index in [4.69, 9.17) is 0 Å². The molecule has 0 aliphatic carbocycles. The Hall–Kier alpha value is 0.530. The maximum atomic E-state index is 4.32. The molecule has 0 saturated heterocycles. The Morgan fingerprint density at radius 1 is 0.947 bits per heavy atom. The summed E-state index contributed by atoms with van der Waals surface area (Å²) in [7, 11) is 0. The highest BCUT2D eigenvalue weighted by Gasteiger charge is 2.29. The average Bonchev–Trinajstić information content (AvgIpc) is 3.17. The molecule has 0 spiro atoms. The first-order valence-corrected chi connectivity index (χ1v) is 10.8. The molecule has 0 amide bonds. The molecule has 0 saturated carbocycles. The second kappa shape index (κ2) is 5.73. The largest absolute Gasteiger partial charge is 0.344 e. The molecule has 19 heavy (non-hydrogen) atoms. The van der Waals surface area contributed by atoms with Crippen LogP contribution in [0.25, 0.3) is 4.91 Å². The summed E-state index contributed by atoms with van der Waals surface area (Å²) in [5, 5.41) is 2.20. The third kappa shape index (κ3) is 2.67. The highest BCUT2D eigenvalue weighted by atomic mass is 32.3. The second-order valence-corrected chi connectivity index (χ2v) is 10.9. The number of aromatic nitrogens is 2. The van der Waals surface area contributed by atoms with Gasteiger partial charge in [0.25, 0.3) is 0 Å². The Bertz CT molecular complexity index is 581. The third-order valence-electron chi connectivity index (χ3n) is 2.46. The number of aromatic amines is 1. The van der Waals surface area contributed by atoms with Crippen molar-refractivity contribution in [3.63, 3.8) is 0 Å². The van der Waals surface area contributed by atoms with Crippen molar-refractivity contribution in [2.24, 2.45) is 0 Å². The summed E-state index contributed by atoms with van der Waals surface area (Å²) >= 11 is 11.6. The van der Waals surface area contributed by atoms with Gasteiger partial charge in [0.1, 0.15) is 5.82 Å². The van der Waals surface area contributed by atoms with Crippen LogP contribution in [-0.4, -0.2) is 21.5 Å². The summed E-state index contributed by atoms with van der Waals surface area (Å²) in [5.41, 5.74) is 0. The smallest absolute Gasteiger partial charge is 0.144 e. The molecule has 0 fully saturated rings. The van der Waals surface area contributed by atoms with E-state index in [0.717, 1.165) is 5.82 Å². The lowest BCUT2D eigenvalue weighted by atomic mass is 10.6. The fourth-order valence-electron chi connectivity index (χ4n) is 1.65. The van der Waals surface area contributed by atoms with Crippen LogP contribution in [0.4, 0.5) is 0 Å². The van der Waals surface area contributed by atoms with Crippen molar-refractivity contribution in [1.29, 1.82) is 0 Å². The SMILES string of the molecule is C1=C(c2ncc[nH]2)SC(=C2SC3=C(SCCS3)S2)S1. The molecule has 0 radical (unpaired) electrons. The van der Waals surface area contributed by atoms with Gasteiger partial charge in [0.05, 0.1) is 21.9 Å². The van der Waals surface area contributed by atoms with E-state index < -0.39 is 0 Å². The lowest BCUT2D eigenvalue weighted by Gasteiger charge is -2.08. The summed E-state index contributed by atoms with van der Waals surface area (Å²) in [5.74, 6) is 3.47. The van der Waals surface area contributed by atoms with Crippen molar-refractivity contribution >= 4 is 75.5 Å². The van der Waals surface area contributed by atoms with Crippen LogP contribution in [0.3, 0.4) is 0 Å². The van der Waals surface area contributed by atoms with Gasteiger partial charge in [-0.1, -0.05) is 47.0 Å². The highest BCUT2D eigenvalue weighted by molar-refractivity contribution is 8.43. The zero-order chi connectivity index (χ0) is 12.7. The number of hydrogen-bond acceptors (Lipinski definition) is 7. The van der Waals surface area contributed by atoms with Crippen LogP contribution in [0, 0.1) is 0 Å². The van der Waals surface area contributed by atoms with Crippen molar-refractivity contribution in [2.75, 3.05) is 11.5 Å². The lowest BCUT2D eigenvalue weighted by molar-refractivity contribution is 1.26. The highest BCUT2D eigenvalue weighted by Crippen LogP contribution is 2.64. The summed E-state index contributed by atoms with van der Waals surface area (Å²) < 4.78 is 5.87. The molecule has 4 heterocycles. The van der Waals surface area contributed by atoms with E-state index in [1.165, 1.54) is 33.4 Å². The van der Waals surface area contributed by atoms with Gasteiger partial charge in [0.15, 0.2) is 0 Å². The molecule has 0 unspecified atom stereocenters. The first kappa shape index (κ1) is 13.2. The predicted octanol–water partition coefficient (Wildman–Crippen LogP) is 5.40. The number of nitrogens with one attached hydrogen (secondary N) is 1. The molecular weight excluding hydrogens is 353 g/mol. The van der Waals surface area contributed by atoms with Gasteiger partial charge in [-0.3, -0.25) is 0 Å². The third-order valence-corrected chi connectivity index (χ3v) is 11.1. The van der Waals surface area contributed by atoms with Crippen molar-refractivity contribution in [1.82, 2.24) is 9.97 Å². The van der Waals surface area contributed by atoms with E-state index in [2.05, 4.69) is 15.4 Å². The van der Waals surface area contributed by atoms with Gasteiger partial charge in [-0.25, -0.2) is 4.98 Å². The monoisotopic (exact) mass is 360 g/mol. The van der Waals surface area contributed by atoms with E-state index in [1.807, 2.05) is 76.8 Å². The molecule has 3 aliphatic heterocycles. The Kier molecular flexibility index (Phi) is 3.98. The number of rotatable bonds is 1. The maximum Gasteiger partial charge on any atom is 0.144 e. The molecule has 4 rings (SSSR count). The summed E-state index contributed by atoms with van der Waals surface area (Å²) in [6, 6.07) is 0. The number of hydrogen-bond donors (Lipinski definition) is 1. The Labute approximate surface area is 136 Å². The molecule has 98 valence electrons. The summed E-state index contributed by atoms with van der Waals surface area (Å²) in [6.07, 6.45) is 3.68. The predicted molar refractivity (Wildman–Crippen MR) is 95.9 cm³/mol. The fourth-order valence-corrected chi connectivity index (χ4v) is 10.2. The first-order valence-electron chi connectivity index (χ1n) is 5.54. The van der Waals surface area contributed by atoms with E-state index in [0.29, 0.717) is 0 Å². The molecule has 0 atom stereocenters. The molecular formula is C11H8N2S6. The molecule has 8 heteroatoms. The number of H-pyrrole nitrogens is 1. The lowest BCUT2D eigenvalue weighted by Crippen LogP contribution is -1.88. The molecule has 1 aromatic rings. The van der Waals surface area contributed by atoms with Gasteiger partial charge in [0, 0.05) is 23.9 Å². The standard InChI is InChI=1S/C11H8N2S6/c1-2-13-7(12-1)6-5-16-10(17-6)11-18-8-9(19-11)15-4-3-14-8/h1-2,5H,3-4H2,(H,12,13). The van der Waals surface area contributed by atoms with Gasteiger partial charge in [0.2, 0.25) is 0 Å². The minimum Gasteiger partial charge on any atom is -0.344 e. The Balaban J connectivity index is 1.52. The van der Waals surface area contributed by atoms with Crippen LogP contribution in [0.5, 0.6) is 0 Å². The van der Waals surface area contributed by atoms with Gasteiger partial charge in [-0.05, 0) is 5.41 Å². The quantitative estimate of drug-likeness (QED) is 0.717. The number of thioether (sulfide) groups is 6. The van der Waals surface area contributed by atoms with Crippen LogP contribution < -0.4 is 0 Å². The van der Waals surface area contributed by atoms with Crippen LogP contribution in [0.15, 0.2) is 34.8 Å². The zero-order valence-corrected chi connectivity index (χ0v) is 14.4. The van der Waals surface area contributed by atoms with Gasteiger partial charge >= 0.3 is 0 Å². The van der Waals surface area contributed by atoms with E-state index in [9.17, 15) is 0 Å². The first-order chi connectivity index (χ1) is 9.40. The van der Waals surface area contributed by atoms with Crippen molar-refractivity contribution < 1.29 is 0 Å². The maximum absolute atomic E-state index is 4.32. The van der Waals surface area contributed by atoms with Crippen LogP contribution in [-0.2, 0) is 0 Å². The van der Waals surface area contributed by atoms with E-state index >= 15 is 0 Å². The Morgan fingerprint density at radius 3 is 2.42 bits per heavy atom. The van der Waals surface area contributed by atoms with Crippen LogP contribution in [0.1, 0.15) is 5.82 Å². The van der Waals surface area contributed by atoms with Crippen molar-refractivity contribution in [3.8, 4) is 0 Å². The molecule has 1 N–H and O–H groups in total. The minimum atomic E-state index is 0.975. The molecule has 1 aromatic heterocycles. The zero-order valence-electron chi connectivity index (χ0n) is 9.54. The summed E-state index contributed by atoms with van der Waals surface area (Å²) in [6.45, 7) is 0. The second-order valence-electron chi connectivity index (χ2n) is 3.69. The van der Waals surface area contributed by atoms with E-state index in [-0.39, 0.29) is 0 Å². The van der Waals surface area contributed by atoms with Crippen molar-refractivity contribution in [3.05, 3.63) is 40.6 Å². The van der Waals surface area contributed by atoms with Gasteiger partial charge in [-0.15, -0.1) is 23.5 Å². The van der Waals surface area contributed by atoms with Gasteiger partial charge < -0.3 is 4.98 Å². The van der Waals surface area contributed by atoms with Gasteiger partial charge in [-0.2, -0.15) is 0 Å². The molecule has 0 bridgehead atoms. The fraction of sp³-hybridized carbons (Fsp3) is 0.182. The molecule has 0 aromatic carbocycles. The topological polar surface area (TPSA) is 28.7 Å². The minimum absolute atomic E-state index is 0.975. The van der Waals surface area contributed by atoms with E-state index in [1.54, 1.807) is 6.20 Å². The number of imidazole rings is 1. The normalized spacial score (nSPS) is 23.1. The average molecular weight is 361 g/mol. The van der Waals surface area contributed by atoms with Crippen LogP contribution >= 0.6 is 70.6 Å². The molecule has 2 nitrogen and oxygen atoms in total. The summed E-state index contributed by atoms with van der Waals surface area (Å²) in [4.78, 5) is 8.72. The molecule has 3 aliphatic rings. The van der Waals surface area contributed by atoms with Crippen LogP contribution in [0.2, 0.25) is 0 Å². The van der Waals surface area contributed by atoms with Crippen molar-refractivity contribution in [2.45, 2.75) is 0 Å². The Morgan fingerprint density at radius 2 is 1.74 bits per heavy atom.